The molecule has 0 saturated carbocycles. The highest BCUT2D eigenvalue weighted by Gasteiger charge is 2.21. The summed E-state index contributed by atoms with van der Waals surface area (Å²) in [4.78, 5) is 13.9. The summed E-state index contributed by atoms with van der Waals surface area (Å²) < 4.78 is 16.8. The number of halogens is 1. The van der Waals surface area contributed by atoms with Crippen molar-refractivity contribution in [3.05, 3.63) is 69.3 Å². The lowest BCUT2D eigenvalue weighted by atomic mass is 10.2. The summed E-state index contributed by atoms with van der Waals surface area (Å²) in [6.45, 7) is 4.19. The lowest BCUT2D eigenvalue weighted by Gasteiger charge is -2.13. The Balaban J connectivity index is 1.53. The lowest BCUT2D eigenvalue weighted by Crippen LogP contribution is -2.18. The average Bonchev–Trinajstić information content (AvgIpc) is 3.50. The Bertz CT molecular complexity index is 1290. The molecule has 4 rings (SSSR count). The predicted molar refractivity (Wildman–Crippen MR) is 121 cm³/mol. The number of aromatic nitrogens is 5. The van der Waals surface area contributed by atoms with Gasteiger partial charge in [-0.2, -0.15) is 5.26 Å². The molecule has 3 heterocycles. The van der Waals surface area contributed by atoms with E-state index in [4.69, 9.17) is 0 Å². The lowest BCUT2D eigenvalue weighted by molar-refractivity contribution is -0.113. The largest absolute Gasteiger partial charge is 0.310 e. The Morgan fingerprint density at radius 1 is 1.28 bits per heavy atom. The second kappa shape index (κ2) is 9.33. The van der Waals surface area contributed by atoms with E-state index in [1.807, 2.05) is 31.4 Å². The Morgan fingerprint density at radius 2 is 2.06 bits per heavy atom. The highest BCUT2D eigenvalue weighted by Crippen LogP contribution is 2.30. The van der Waals surface area contributed by atoms with E-state index in [9.17, 15) is 14.4 Å². The molecule has 1 aromatic carbocycles. The monoisotopic (exact) mass is 467 g/mol. The molecule has 0 aliphatic carbocycles. The number of carbonyl (C=O) groups is 1. The van der Waals surface area contributed by atoms with E-state index in [1.165, 1.54) is 23.9 Å². The molecule has 1 amide bonds. The number of tetrazole rings is 1. The highest BCUT2D eigenvalue weighted by molar-refractivity contribution is 7.99. The maximum absolute atomic E-state index is 13.4. The molecule has 4 aromatic rings. The van der Waals surface area contributed by atoms with Crippen LogP contribution in [0, 0.1) is 31.0 Å². The number of benzene rings is 1. The van der Waals surface area contributed by atoms with E-state index < -0.39 is 0 Å². The number of anilines is 1. The van der Waals surface area contributed by atoms with E-state index in [0.717, 1.165) is 16.1 Å². The number of nitrogens with zero attached hydrogens (tertiary/aromatic N) is 6. The van der Waals surface area contributed by atoms with Crippen molar-refractivity contribution >= 4 is 34.8 Å². The van der Waals surface area contributed by atoms with Crippen LogP contribution in [-0.4, -0.2) is 36.4 Å². The molecule has 0 unspecified atom stereocenters. The van der Waals surface area contributed by atoms with Crippen LogP contribution in [0.15, 0.2) is 46.9 Å². The standard InChI is InChI=1S/C21H18FN7OS2/c1-13-14(2)29(16-7-5-15(22)6-8-16)20(18(13)10-23)24-19(30)12-32-21-25-26-27-28(21)11-17-4-3-9-31-17/h3-9H,11-12H2,1-2H3,(H,24,30). The van der Waals surface area contributed by atoms with Crippen LogP contribution < -0.4 is 5.32 Å². The van der Waals surface area contributed by atoms with Crippen molar-refractivity contribution < 1.29 is 9.18 Å². The van der Waals surface area contributed by atoms with Gasteiger partial charge in [0.05, 0.1) is 17.9 Å². The molecule has 8 nitrogen and oxygen atoms in total. The number of hydrogen-bond donors (Lipinski definition) is 1. The van der Waals surface area contributed by atoms with Crippen molar-refractivity contribution in [3.8, 4) is 11.8 Å². The molecular weight excluding hydrogens is 449 g/mol. The van der Waals surface area contributed by atoms with Crippen molar-refractivity contribution in [2.75, 3.05) is 11.1 Å². The quantitative estimate of drug-likeness (QED) is 0.413. The maximum atomic E-state index is 13.4. The van der Waals surface area contributed by atoms with E-state index in [-0.39, 0.29) is 17.5 Å². The van der Waals surface area contributed by atoms with Crippen LogP contribution in [0.3, 0.4) is 0 Å². The van der Waals surface area contributed by atoms with Gasteiger partial charge in [0.2, 0.25) is 11.1 Å². The minimum absolute atomic E-state index is 0.0579. The zero-order valence-electron chi connectivity index (χ0n) is 17.2. The molecule has 0 saturated heterocycles. The maximum Gasteiger partial charge on any atom is 0.236 e. The predicted octanol–water partition coefficient (Wildman–Crippen LogP) is 3.93. The van der Waals surface area contributed by atoms with Crippen molar-refractivity contribution in [1.29, 1.82) is 5.26 Å². The van der Waals surface area contributed by atoms with Crippen molar-refractivity contribution in [1.82, 2.24) is 24.8 Å². The van der Waals surface area contributed by atoms with Crippen LogP contribution >= 0.6 is 23.1 Å². The van der Waals surface area contributed by atoms with Gasteiger partial charge in [-0.3, -0.25) is 9.36 Å². The fourth-order valence-corrected chi connectivity index (χ4v) is 4.58. The third-order valence-electron chi connectivity index (χ3n) is 4.89. The number of nitriles is 1. The second-order valence-corrected chi connectivity index (χ2v) is 8.87. The van der Waals surface area contributed by atoms with Gasteiger partial charge in [0.15, 0.2) is 0 Å². The minimum Gasteiger partial charge on any atom is -0.310 e. The Labute approximate surface area is 191 Å². The van der Waals surface area contributed by atoms with Gasteiger partial charge in [-0.05, 0) is 65.5 Å². The van der Waals surface area contributed by atoms with Crippen molar-refractivity contribution in [2.24, 2.45) is 0 Å². The molecule has 162 valence electrons. The number of nitrogens with one attached hydrogen (secondary N) is 1. The van der Waals surface area contributed by atoms with Crippen molar-refractivity contribution in [3.63, 3.8) is 0 Å². The zero-order valence-corrected chi connectivity index (χ0v) is 18.9. The number of carbonyl (C=O) groups excluding carboxylic acids is 1. The van der Waals surface area contributed by atoms with Crippen LogP contribution in [0.1, 0.15) is 21.7 Å². The van der Waals surface area contributed by atoms with Gasteiger partial charge in [0.1, 0.15) is 17.7 Å². The fraction of sp³-hybridized carbons (Fsp3) is 0.190. The van der Waals surface area contributed by atoms with Crippen LogP contribution in [0.25, 0.3) is 5.69 Å². The molecule has 32 heavy (non-hydrogen) atoms. The molecule has 0 spiro atoms. The molecule has 0 atom stereocenters. The number of thiophene rings is 1. The van der Waals surface area contributed by atoms with E-state index >= 15 is 0 Å². The highest BCUT2D eigenvalue weighted by atomic mass is 32.2. The van der Waals surface area contributed by atoms with Crippen LogP contribution in [0.4, 0.5) is 10.2 Å². The van der Waals surface area contributed by atoms with Gasteiger partial charge in [-0.25, -0.2) is 9.07 Å². The molecule has 0 radical (unpaired) electrons. The Kier molecular flexibility index (Phi) is 6.34. The minimum atomic E-state index is -0.363. The van der Waals surface area contributed by atoms with E-state index in [1.54, 1.807) is 32.7 Å². The fourth-order valence-electron chi connectivity index (χ4n) is 3.22. The first-order valence-corrected chi connectivity index (χ1v) is 11.4. The molecule has 0 aliphatic heterocycles. The Hall–Kier alpha value is -3.49. The first kappa shape index (κ1) is 21.7. The SMILES string of the molecule is Cc1c(C#N)c(NC(=O)CSc2nnnn2Cc2cccs2)n(-c2ccc(F)cc2)c1C. The first-order chi connectivity index (χ1) is 15.5. The van der Waals surface area contributed by atoms with Gasteiger partial charge in [-0.15, -0.1) is 16.4 Å². The third kappa shape index (κ3) is 4.42. The average molecular weight is 468 g/mol. The first-order valence-electron chi connectivity index (χ1n) is 9.57. The van der Waals surface area contributed by atoms with Crippen molar-refractivity contribution in [2.45, 2.75) is 25.5 Å². The molecule has 0 bridgehead atoms. The summed E-state index contributed by atoms with van der Waals surface area (Å²) in [5, 5.41) is 26.7. The van der Waals surface area contributed by atoms with Gasteiger partial charge < -0.3 is 5.32 Å². The van der Waals surface area contributed by atoms with Crippen LogP contribution in [0.5, 0.6) is 0 Å². The summed E-state index contributed by atoms with van der Waals surface area (Å²) in [7, 11) is 0. The molecule has 1 N–H and O–H groups in total. The number of rotatable bonds is 7. The van der Waals surface area contributed by atoms with E-state index in [0.29, 0.717) is 28.8 Å². The summed E-state index contributed by atoms with van der Waals surface area (Å²) in [5.74, 6) is -0.253. The van der Waals surface area contributed by atoms with Gasteiger partial charge >= 0.3 is 0 Å². The Morgan fingerprint density at radius 3 is 2.75 bits per heavy atom. The van der Waals surface area contributed by atoms with Crippen LogP contribution in [0.2, 0.25) is 0 Å². The third-order valence-corrected chi connectivity index (χ3v) is 6.70. The molecule has 11 heteroatoms. The summed E-state index contributed by atoms with van der Waals surface area (Å²) in [6, 6.07) is 12.0. The summed E-state index contributed by atoms with van der Waals surface area (Å²) >= 11 is 2.81. The summed E-state index contributed by atoms with van der Waals surface area (Å²) in [5.41, 5.74) is 2.56. The number of thioether (sulfide) groups is 1. The topological polar surface area (TPSA) is 101 Å². The summed E-state index contributed by atoms with van der Waals surface area (Å²) in [6.07, 6.45) is 0. The molecule has 3 aromatic heterocycles. The zero-order chi connectivity index (χ0) is 22.7. The normalized spacial score (nSPS) is 10.8. The second-order valence-electron chi connectivity index (χ2n) is 6.89. The molecule has 0 aliphatic rings. The smallest absolute Gasteiger partial charge is 0.236 e. The number of amides is 1. The van der Waals surface area contributed by atoms with Gasteiger partial charge in [0, 0.05) is 16.3 Å². The molecular formula is C21H18FN7OS2. The van der Waals surface area contributed by atoms with Crippen LogP contribution in [-0.2, 0) is 11.3 Å². The molecule has 0 fully saturated rings. The van der Waals surface area contributed by atoms with Gasteiger partial charge in [0.25, 0.3) is 0 Å². The van der Waals surface area contributed by atoms with E-state index in [2.05, 4.69) is 26.9 Å². The van der Waals surface area contributed by atoms with Gasteiger partial charge in [-0.1, -0.05) is 17.8 Å². The number of hydrogen-bond acceptors (Lipinski definition) is 7.